The van der Waals surface area contributed by atoms with Crippen LogP contribution in [0.25, 0.3) is 11.8 Å². The van der Waals surface area contributed by atoms with Gasteiger partial charge in [-0.1, -0.05) is 18.2 Å². The van der Waals surface area contributed by atoms with E-state index in [1.165, 1.54) is 0 Å². The molecule has 0 radical (unpaired) electrons. The zero-order chi connectivity index (χ0) is 20.1. The minimum Gasteiger partial charge on any atom is -0.497 e. The van der Waals surface area contributed by atoms with Crippen molar-refractivity contribution in [3.05, 3.63) is 83.2 Å². The molecule has 0 saturated heterocycles. The molecule has 1 amide bonds. The molecule has 0 bridgehead atoms. The van der Waals surface area contributed by atoms with Crippen LogP contribution in [0.15, 0.2) is 66.2 Å². The van der Waals surface area contributed by atoms with Gasteiger partial charge in [-0.2, -0.15) is 5.26 Å². The Morgan fingerprint density at radius 2 is 1.79 bits per heavy atom. The number of amides is 1. The Bertz CT molecular complexity index is 1060. The molecule has 0 atom stereocenters. The van der Waals surface area contributed by atoms with Crippen LogP contribution in [-0.4, -0.2) is 17.6 Å². The summed E-state index contributed by atoms with van der Waals surface area (Å²) in [5.41, 5.74) is 4.52. The number of anilines is 1. The van der Waals surface area contributed by atoms with Gasteiger partial charge < -0.3 is 14.6 Å². The van der Waals surface area contributed by atoms with Gasteiger partial charge in [0, 0.05) is 22.8 Å². The van der Waals surface area contributed by atoms with Crippen molar-refractivity contribution < 1.29 is 9.53 Å². The monoisotopic (exact) mass is 371 g/mol. The number of rotatable bonds is 5. The second kappa shape index (κ2) is 8.28. The summed E-state index contributed by atoms with van der Waals surface area (Å²) in [5.74, 6) is 0.250. The number of aryl methyl sites for hydroxylation is 1. The number of carbonyl (C=O) groups is 1. The molecule has 0 unspecified atom stereocenters. The number of nitrogens with one attached hydrogen (secondary N) is 1. The van der Waals surface area contributed by atoms with Crippen molar-refractivity contribution in [1.29, 1.82) is 5.26 Å². The quantitative estimate of drug-likeness (QED) is 0.524. The highest BCUT2D eigenvalue weighted by molar-refractivity contribution is 6.09. The predicted molar refractivity (Wildman–Crippen MR) is 110 cm³/mol. The summed E-state index contributed by atoms with van der Waals surface area (Å²) in [6.07, 6.45) is 1.63. The number of carbonyl (C=O) groups excluding carboxylic acids is 1. The summed E-state index contributed by atoms with van der Waals surface area (Å²) < 4.78 is 7.21. The van der Waals surface area contributed by atoms with Crippen LogP contribution < -0.4 is 10.1 Å². The number of nitriles is 1. The van der Waals surface area contributed by atoms with E-state index in [0.717, 1.165) is 22.6 Å². The average Bonchev–Trinajstić information content (AvgIpc) is 3.00. The van der Waals surface area contributed by atoms with Gasteiger partial charge in [0.1, 0.15) is 17.4 Å². The molecule has 0 spiro atoms. The minimum absolute atomic E-state index is 0.0455. The number of hydrogen-bond donors (Lipinski definition) is 1. The third kappa shape index (κ3) is 3.97. The van der Waals surface area contributed by atoms with Crippen molar-refractivity contribution >= 4 is 17.7 Å². The fourth-order valence-electron chi connectivity index (χ4n) is 3.09. The number of methoxy groups -OCH3 is 1. The molecule has 0 aliphatic heterocycles. The molecule has 2 aromatic carbocycles. The van der Waals surface area contributed by atoms with E-state index < -0.39 is 5.91 Å². The van der Waals surface area contributed by atoms with Gasteiger partial charge in [-0.15, -0.1) is 0 Å². The Morgan fingerprint density at radius 1 is 1.11 bits per heavy atom. The molecule has 0 fully saturated rings. The van der Waals surface area contributed by atoms with Gasteiger partial charge in [0.15, 0.2) is 0 Å². The predicted octanol–water partition coefficient (Wildman–Crippen LogP) is 4.65. The molecule has 28 heavy (non-hydrogen) atoms. The molecule has 5 nitrogen and oxygen atoms in total. The summed E-state index contributed by atoms with van der Waals surface area (Å²) in [6, 6.07) is 20.9. The van der Waals surface area contributed by atoms with E-state index in [1.807, 2.05) is 56.3 Å². The standard InChI is InChI=1S/C23H21N3O2/c1-16-13-18(17(2)26(16)21-7-5-4-6-8-21)14-19(15-24)23(27)25-20-9-11-22(28-3)12-10-20/h4-14H,1-3H3,(H,25,27)/b19-14-. The normalized spacial score (nSPS) is 11.0. The third-order valence-electron chi connectivity index (χ3n) is 4.50. The second-order valence-corrected chi connectivity index (χ2v) is 6.35. The molecule has 5 heteroatoms. The summed E-state index contributed by atoms with van der Waals surface area (Å²) in [7, 11) is 1.58. The number of ether oxygens (including phenoxy) is 1. The van der Waals surface area contributed by atoms with E-state index in [4.69, 9.17) is 4.74 Å². The van der Waals surface area contributed by atoms with Crippen LogP contribution >= 0.6 is 0 Å². The molecule has 0 aliphatic carbocycles. The van der Waals surface area contributed by atoms with Crippen LogP contribution in [-0.2, 0) is 4.79 Å². The van der Waals surface area contributed by atoms with Crippen molar-refractivity contribution in [3.8, 4) is 17.5 Å². The van der Waals surface area contributed by atoms with Crippen molar-refractivity contribution in [1.82, 2.24) is 4.57 Å². The number of benzene rings is 2. The first-order valence-electron chi connectivity index (χ1n) is 8.85. The maximum Gasteiger partial charge on any atom is 0.266 e. The van der Waals surface area contributed by atoms with Crippen LogP contribution in [0, 0.1) is 25.2 Å². The lowest BCUT2D eigenvalue weighted by molar-refractivity contribution is -0.112. The van der Waals surface area contributed by atoms with Gasteiger partial charge in [0.2, 0.25) is 0 Å². The zero-order valence-corrected chi connectivity index (χ0v) is 16.1. The number of hydrogen-bond acceptors (Lipinski definition) is 3. The van der Waals surface area contributed by atoms with E-state index in [9.17, 15) is 10.1 Å². The smallest absolute Gasteiger partial charge is 0.266 e. The summed E-state index contributed by atoms with van der Waals surface area (Å²) in [4.78, 5) is 12.5. The molecule has 3 aromatic rings. The SMILES string of the molecule is COc1ccc(NC(=O)/C(C#N)=C\c2cc(C)n(-c3ccccc3)c2C)cc1. The Kier molecular flexibility index (Phi) is 5.61. The van der Waals surface area contributed by atoms with Crippen LogP contribution in [0.4, 0.5) is 5.69 Å². The molecule has 0 saturated carbocycles. The lowest BCUT2D eigenvalue weighted by Gasteiger charge is -2.09. The lowest BCUT2D eigenvalue weighted by atomic mass is 10.1. The number of nitrogens with zero attached hydrogens (tertiary/aromatic N) is 2. The summed E-state index contributed by atoms with van der Waals surface area (Å²) >= 11 is 0. The third-order valence-corrected chi connectivity index (χ3v) is 4.50. The highest BCUT2D eigenvalue weighted by atomic mass is 16.5. The van der Waals surface area contributed by atoms with Gasteiger partial charge in [0.25, 0.3) is 5.91 Å². The first kappa shape index (κ1) is 19.0. The summed E-state index contributed by atoms with van der Waals surface area (Å²) in [6.45, 7) is 3.98. The Balaban J connectivity index is 1.88. The van der Waals surface area contributed by atoms with Crippen molar-refractivity contribution in [3.63, 3.8) is 0 Å². The van der Waals surface area contributed by atoms with Crippen LogP contribution in [0.3, 0.4) is 0 Å². The Hall–Kier alpha value is -3.78. The zero-order valence-electron chi connectivity index (χ0n) is 16.1. The maximum absolute atomic E-state index is 12.5. The van der Waals surface area contributed by atoms with E-state index >= 15 is 0 Å². The minimum atomic E-state index is -0.447. The van der Waals surface area contributed by atoms with Crippen LogP contribution in [0.5, 0.6) is 5.75 Å². The van der Waals surface area contributed by atoms with Crippen molar-refractivity contribution in [2.45, 2.75) is 13.8 Å². The van der Waals surface area contributed by atoms with Gasteiger partial charge in [-0.25, -0.2) is 0 Å². The first-order valence-corrected chi connectivity index (χ1v) is 8.85. The molecule has 140 valence electrons. The van der Waals surface area contributed by atoms with Gasteiger partial charge >= 0.3 is 0 Å². The van der Waals surface area contributed by atoms with E-state index in [0.29, 0.717) is 11.4 Å². The second-order valence-electron chi connectivity index (χ2n) is 6.35. The van der Waals surface area contributed by atoms with Gasteiger partial charge in [0.05, 0.1) is 7.11 Å². The molecule has 3 rings (SSSR count). The summed E-state index contributed by atoms with van der Waals surface area (Å²) in [5, 5.41) is 12.2. The van der Waals surface area contributed by atoms with E-state index in [-0.39, 0.29) is 5.57 Å². The molecular formula is C23H21N3O2. The fraction of sp³-hybridized carbons (Fsp3) is 0.130. The molecule has 1 aromatic heterocycles. The fourth-order valence-corrected chi connectivity index (χ4v) is 3.09. The van der Waals surface area contributed by atoms with E-state index in [1.54, 1.807) is 37.5 Å². The Morgan fingerprint density at radius 3 is 2.39 bits per heavy atom. The Labute approximate surface area is 164 Å². The van der Waals surface area contributed by atoms with Crippen LogP contribution in [0.1, 0.15) is 17.0 Å². The molecule has 0 aliphatic rings. The van der Waals surface area contributed by atoms with Crippen molar-refractivity contribution in [2.24, 2.45) is 0 Å². The van der Waals surface area contributed by atoms with Crippen molar-refractivity contribution in [2.75, 3.05) is 12.4 Å². The topological polar surface area (TPSA) is 67.0 Å². The maximum atomic E-state index is 12.5. The van der Waals surface area contributed by atoms with E-state index in [2.05, 4.69) is 9.88 Å². The highest BCUT2D eigenvalue weighted by Gasteiger charge is 2.14. The van der Waals surface area contributed by atoms with Gasteiger partial charge in [-0.3, -0.25) is 4.79 Å². The molecule has 1 N–H and O–H groups in total. The van der Waals surface area contributed by atoms with Crippen LogP contribution in [0.2, 0.25) is 0 Å². The molecular weight excluding hydrogens is 350 g/mol. The highest BCUT2D eigenvalue weighted by Crippen LogP contribution is 2.23. The first-order chi connectivity index (χ1) is 13.5. The van der Waals surface area contributed by atoms with Gasteiger partial charge in [-0.05, 0) is 68.0 Å². The largest absolute Gasteiger partial charge is 0.497 e. The number of aromatic nitrogens is 1. The lowest BCUT2D eigenvalue weighted by Crippen LogP contribution is -2.13. The number of para-hydroxylation sites is 1. The molecule has 1 heterocycles. The average molecular weight is 371 g/mol.